The summed E-state index contributed by atoms with van der Waals surface area (Å²) in [6.45, 7) is 0. The van der Waals surface area contributed by atoms with Crippen molar-refractivity contribution in [2.24, 2.45) is 16.9 Å². The maximum Gasteiger partial charge on any atom is 0.250 e. The molecule has 2 aromatic heterocycles. The van der Waals surface area contributed by atoms with Gasteiger partial charge in [0.25, 0.3) is 0 Å². The number of fused-ring (bicyclic) bond motifs is 1. The number of hydrogen-bond acceptors (Lipinski definition) is 5. The van der Waals surface area contributed by atoms with Crippen LogP contribution in [0.1, 0.15) is 26.6 Å². The third-order valence-electron chi connectivity index (χ3n) is 3.79. The molecular weight excluding hydrogens is 300 g/mol. The van der Waals surface area contributed by atoms with Crippen molar-refractivity contribution in [3.05, 3.63) is 51.7 Å². The Labute approximate surface area is 130 Å². The molecule has 22 heavy (non-hydrogen) atoms. The van der Waals surface area contributed by atoms with Crippen molar-refractivity contribution in [3.63, 3.8) is 0 Å². The van der Waals surface area contributed by atoms with E-state index in [1.54, 1.807) is 24.4 Å². The number of hydrogen-bond donors (Lipinski definition) is 2. The van der Waals surface area contributed by atoms with Crippen LogP contribution in [-0.4, -0.2) is 21.8 Å². The van der Waals surface area contributed by atoms with Crippen LogP contribution in [0, 0.1) is 5.41 Å². The SMILES string of the molecule is NC(=O)c1cnc2c(c1)CC(Cc1nccs1)(C(N)=O)C=C2. The Morgan fingerprint density at radius 1 is 1.32 bits per heavy atom. The summed E-state index contributed by atoms with van der Waals surface area (Å²) in [6, 6.07) is 1.67. The second kappa shape index (κ2) is 5.34. The zero-order chi connectivity index (χ0) is 15.7. The second-order valence-electron chi connectivity index (χ2n) is 5.27. The summed E-state index contributed by atoms with van der Waals surface area (Å²) in [5.74, 6) is -0.969. The molecule has 0 aromatic carbocycles. The van der Waals surface area contributed by atoms with Crippen LogP contribution < -0.4 is 11.5 Å². The fraction of sp³-hybridized carbons (Fsp3) is 0.200. The molecule has 0 spiro atoms. The van der Waals surface area contributed by atoms with E-state index in [4.69, 9.17) is 11.5 Å². The van der Waals surface area contributed by atoms with E-state index in [1.807, 2.05) is 5.38 Å². The number of nitrogens with two attached hydrogens (primary N) is 2. The Bertz CT molecular complexity index is 770. The first-order chi connectivity index (χ1) is 10.5. The lowest BCUT2D eigenvalue weighted by Crippen LogP contribution is -2.40. The highest BCUT2D eigenvalue weighted by Crippen LogP contribution is 2.35. The van der Waals surface area contributed by atoms with E-state index >= 15 is 0 Å². The molecule has 1 aliphatic rings. The zero-order valence-corrected chi connectivity index (χ0v) is 12.5. The standard InChI is InChI=1S/C15H14N4O2S/c16-13(20)10-5-9-6-15(14(17)21,2-1-11(9)19-8-10)7-12-18-3-4-22-12/h1-5,8H,6-7H2,(H2,16,20)(H2,17,21). The van der Waals surface area contributed by atoms with Crippen molar-refractivity contribution in [3.8, 4) is 0 Å². The third-order valence-corrected chi connectivity index (χ3v) is 4.57. The third kappa shape index (κ3) is 2.50. The van der Waals surface area contributed by atoms with Crippen LogP contribution in [0.25, 0.3) is 6.08 Å². The van der Waals surface area contributed by atoms with Gasteiger partial charge in [0.1, 0.15) is 0 Å². The van der Waals surface area contributed by atoms with Crippen LogP contribution in [-0.2, 0) is 17.6 Å². The molecule has 0 bridgehead atoms. The maximum atomic E-state index is 12.1. The van der Waals surface area contributed by atoms with Gasteiger partial charge in [-0.15, -0.1) is 11.3 Å². The molecule has 0 fully saturated rings. The van der Waals surface area contributed by atoms with Gasteiger partial charge >= 0.3 is 0 Å². The second-order valence-corrected chi connectivity index (χ2v) is 6.24. The van der Waals surface area contributed by atoms with Gasteiger partial charge in [-0.1, -0.05) is 6.08 Å². The summed E-state index contributed by atoms with van der Waals surface area (Å²) in [5, 5.41) is 2.70. The van der Waals surface area contributed by atoms with Crippen LogP contribution in [0.3, 0.4) is 0 Å². The number of nitrogens with zero attached hydrogens (tertiary/aromatic N) is 2. The first kappa shape index (κ1) is 14.4. The van der Waals surface area contributed by atoms with Gasteiger partial charge in [0.15, 0.2) is 0 Å². The molecule has 3 rings (SSSR count). The van der Waals surface area contributed by atoms with E-state index in [0.29, 0.717) is 18.4 Å². The highest BCUT2D eigenvalue weighted by Gasteiger charge is 2.38. The van der Waals surface area contributed by atoms with Crippen LogP contribution in [0.5, 0.6) is 0 Å². The maximum absolute atomic E-state index is 12.1. The van der Waals surface area contributed by atoms with Gasteiger partial charge in [0, 0.05) is 24.2 Å². The van der Waals surface area contributed by atoms with Gasteiger partial charge in [0.05, 0.1) is 21.7 Å². The summed E-state index contributed by atoms with van der Waals surface area (Å²) in [4.78, 5) is 31.8. The summed E-state index contributed by atoms with van der Waals surface area (Å²) in [5.41, 5.74) is 11.9. The van der Waals surface area contributed by atoms with Crippen molar-refractivity contribution in [1.29, 1.82) is 0 Å². The monoisotopic (exact) mass is 314 g/mol. The van der Waals surface area contributed by atoms with E-state index in [1.165, 1.54) is 17.5 Å². The molecule has 7 heteroatoms. The lowest BCUT2D eigenvalue weighted by molar-refractivity contribution is -0.125. The van der Waals surface area contributed by atoms with Crippen LogP contribution in [0.15, 0.2) is 29.9 Å². The van der Waals surface area contributed by atoms with Crippen LogP contribution in [0.4, 0.5) is 0 Å². The van der Waals surface area contributed by atoms with Crippen molar-refractivity contribution in [2.75, 3.05) is 0 Å². The highest BCUT2D eigenvalue weighted by atomic mass is 32.1. The minimum Gasteiger partial charge on any atom is -0.369 e. The number of carbonyl (C=O) groups is 2. The minimum atomic E-state index is -0.858. The van der Waals surface area contributed by atoms with Gasteiger partial charge < -0.3 is 11.5 Å². The molecule has 2 aromatic rings. The molecule has 112 valence electrons. The molecule has 0 radical (unpaired) electrons. The van der Waals surface area contributed by atoms with E-state index in [9.17, 15) is 9.59 Å². The fourth-order valence-corrected chi connectivity index (χ4v) is 3.31. The van der Waals surface area contributed by atoms with Gasteiger partial charge in [-0.05, 0) is 24.1 Å². The number of aromatic nitrogens is 2. The zero-order valence-electron chi connectivity index (χ0n) is 11.7. The molecule has 0 saturated heterocycles. The average Bonchev–Trinajstić information content (AvgIpc) is 2.99. The van der Waals surface area contributed by atoms with E-state index in [0.717, 1.165) is 16.3 Å². The Hall–Kier alpha value is -2.54. The van der Waals surface area contributed by atoms with Crippen molar-refractivity contribution in [2.45, 2.75) is 12.8 Å². The predicted octanol–water partition coefficient (Wildman–Crippen LogP) is 0.921. The number of carbonyl (C=O) groups excluding carboxylic acids is 2. The van der Waals surface area contributed by atoms with Crippen molar-refractivity contribution >= 4 is 29.2 Å². The topological polar surface area (TPSA) is 112 Å². The van der Waals surface area contributed by atoms with Gasteiger partial charge in [-0.25, -0.2) is 4.98 Å². The van der Waals surface area contributed by atoms with E-state index < -0.39 is 17.2 Å². The minimum absolute atomic E-state index is 0.321. The Kier molecular flexibility index (Phi) is 3.50. The largest absolute Gasteiger partial charge is 0.369 e. The Morgan fingerprint density at radius 3 is 2.77 bits per heavy atom. The number of rotatable bonds is 4. The summed E-state index contributed by atoms with van der Waals surface area (Å²) >= 11 is 1.48. The Balaban J connectivity index is 2.00. The molecular formula is C15H14N4O2S. The normalized spacial score (nSPS) is 19.6. The van der Waals surface area contributed by atoms with E-state index in [-0.39, 0.29) is 0 Å². The van der Waals surface area contributed by atoms with Crippen molar-refractivity contribution < 1.29 is 9.59 Å². The van der Waals surface area contributed by atoms with Crippen molar-refractivity contribution in [1.82, 2.24) is 9.97 Å². The Morgan fingerprint density at radius 2 is 2.14 bits per heavy atom. The molecule has 2 heterocycles. The first-order valence-corrected chi connectivity index (χ1v) is 7.54. The fourth-order valence-electron chi connectivity index (χ4n) is 2.57. The highest BCUT2D eigenvalue weighted by molar-refractivity contribution is 7.09. The predicted molar refractivity (Wildman–Crippen MR) is 82.9 cm³/mol. The first-order valence-electron chi connectivity index (χ1n) is 6.66. The van der Waals surface area contributed by atoms with Gasteiger partial charge in [-0.3, -0.25) is 14.6 Å². The number of pyridine rings is 1. The van der Waals surface area contributed by atoms with E-state index in [2.05, 4.69) is 9.97 Å². The average molecular weight is 314 g/mol. The molecule has 0 saturated carbocycles. The lowest BCUT2D eigenvalue weighted by Gasteiger charge is -2.30. The number of amides is 2. The summed E-state index contributed by atoms with van der Waals surface area (Å²) in [6.07, 6.45) is 7.49. The quantitative estimate of drug-likeness (QED) is 0.873. The summed E-state index contributed by atoms with van der Waals surface area (Å²) in [7, 11) is 0. The molecule has 1 unspecified atom stereocenters. The smallest absolute Gasteiger partial charge is 0.250 e. The molecule has 2 amide bonds. The molecule has 1 aliphatic carbocycles. The molecule has 6 nitrogen and oxygen atoms in total. The molecule has 0 aliphatic heterocycles. The summed E-state index contributed by atoms with van der Waals surface area (Å²) < 4.78 is 0. The molecule has 1 atom stereocenters. The molecule has 4 N–H and O–H groups in total. The lowest BCUT2D eigenvalue weighted by atomic mass is 9.74. The number of thiazole rings is 1. The van der Waals surface area contributed by atoms with Crippen LogP contribution >= 0.6 is 11.3 Å². The van der Waals surface area contributed by atoms with Gasteiger partial charge in [-0.2, -0.15) is 0 Å². The number of primary amides is 2. The van der Waals surface area contributed by atoms with Gasteiger partial charge in [0.2, 0.25) is 11.8 Å². The van der Waals surface area contributed by atoms with Crippen LogP contribution in [0.2, 0.25) is 0 Å².